The molecule has 0 aliphatic heterocycles. The first-order chi connectivity index (χ1) is 8.36. The van der Waals surface area contributed by atoms with Crippen LogP contribution in [0.3, 0.4) is 0 Å². The van der Waals surface area contributed by atoms with Gasteiger partial charge >= 0.3 is 0 Å². The second kappa shape index (κ2) is 5.47. The van der Waals surface area contributed by atoms with Crippen LogP contribution in [0.15, 0.2) is 0 Å². The fourth-order valence-electron chi connectivity index (χ4n) is 2.50. The van der Waals surface area contributed by atoms with E-state index in [2.05, 4.69) is 0 Å². The first-order valence-electron chi connectivity index (χ1n) is 6.53. The predicted octanol–water partition coefficient (Wildman–Crippen LogP) is 4.11. The van der Waals surface area contributed by atoms with E-state index in [-0.39, 0.29) is 11.6 Å². The van der Waals surface area contributed by atoms with Gasteiger partial charge in [-0.1, -0.05) is 13.8 Å². The van der Waals surface area contributed by atoms with E-state index in [9.17, 15) is 9.59 Å². The largest absolute Gasteiger partial charge is 0.294 e. The first kappa shape index (κ1) is 14.6. The number of benzene rings is 1. The molecule has 2 heteroatoms. The van der Waals surface area contributed by atoms with Crippen molar-refractivity contribution in [2.24, 2.45) is 0 Å². The minimum Gasteiger partial charge on any atom is -0.294 e. The zero-order valence-electron chi connectivity index (χ0n) is 12.2. The minimum atomic E-state index is 0.159. The van der Waals surface area contributed by atoms with Gasteiger partial charge in [0.15, 0.2) is 11.6 Å². The summed E-state index contributed by atoms with van der Waals surface area (Å²) in [7, 11) is 0. The van der Waals surface area contributed by atoms with Crippen LogP contribution in [0.2, 0.25) is 0 Å². The molecule has 2 nitrogen and oxygen atoms in total. The average molecular weight is 246 g/mol. The Morgan fingerprint density at radius 3 is 1.06 bits per heavy atom. The lowest BCUT2D eigenvalue weighted by Gasteiger charge is -2.18. The highest BCUT2D eigenvalue weighted by Crippen LogP contribution is 2.28. The lowest BCUT2D eigenvalue weighted by Crippen LogP contribution is -2.13. The molecular weight excluding hydrogens is 224 g/mol. The summed E-state index contributed by atoms with van der Waals surface area (Å²) < 4.78 is 0. The number of carbonyl (C=O) groups is 2. The molecular formula is C16H22O2. The van der Waals surface area contributed by atoms with Crippen molar-refractivity contribution in [2.45, 2.75) is 54.4 Å². The van der Waals surface area contributed by atoms with Crippen LogP contribution in [0.5, 0.6) is 0 Å². The summed E-state index contributed by atoms with van der Waals surface area (Å²) in [5, 5.41) is 0. The molecule has 1 rings (SSSR count). The standard InChI is InChI=1S/C16H22O2/c1-7-13(17)15-9(3)11(5)16(14(18)8-2)12(6)10(15)4/h7-8H2,1-6H3. The molecule has 0 unspecified atom stereocenters. The highest BCUT2D eigenvalue weighted by atomic mass is 16.1. The van der Waals surface area contributed by atoms with Crippen LogP contribution >= 0.6 is 0 Å². The fourth-order valence-corrected chi connectivity index (χ4v) is 2.50. The maximum atomic E-state index is 12.0. The molecule has 0 saturated heterocycles. The van der Waals surface area contributed by atoms with Gasteiger partial charge in [0.2, 0.25) is 0 Å². The molecule has 0 saturated carbocycles. The lowest BCUT2D eigenvalue weighted by molar-refractivity contribution is 0.0974. The van der Waals surface area contributed by atoms with Gasteiger partial charge < -0.3 is 0 Å². The number of ketones is 2. The smallest absolute Gasteiger partial charge is 0.163 e. The van der Waals surface area contributed by atoms with Crippen molar-refractivity contribution in [1.29, 1.82) is 0 Å². The van der Waals surface area contributed by atoms with Crippen molar-refractivity contribution in [3.8, 4) is 0 Å². The molecule has 0 N–H and O–H groups in total. The monoisotopic (exact) mass is 246 g/mol. The molecule has 0 aromatic heterocycles. The Kier molecular flexibility index (Phi) is 4.44. The molecule has 0 spiro atoms. The maximum absolute atomic E-state index is 12.0. The molecule has 0 bridgehead atoms. The van der Waals surface area contributed by atoms with Crippen molar-refractivity contribution >= 4 is 11.6 Å². The van der Waals surface area contributed by atoms with E-state index in [0.29, 0.717) is 12.8 Å². The molecule has 0 aliphatic carbocycles. The van der Waals surface area contributed by atoms with Crippen molar-refractivity contribution in [3.05, 3.63) is 33.4 Å². The molecule has 18 heavy (non-hydrogen) atoms. The molecule has 0 amide bonds. The molecule has 0 radical (unpaired) electrons. The number of carbonyl (C=O) groups excluding carboxylic acids is 2. The van der Waals surface area contributed by atoms with Gasteiger partial charge in [-0.05, 0) is 49.9 Å². The van der Waals surface area contributed by atoms with Gasteiger partial charge in [-0.15, -0.1) is 0 Å². The summed E-state index contributed by atoms with van der Waals surface area (Å²) >= 11 is 0. The Morgan fingerprint density at radius 1 is 0.667 bits per heavy atom. The van der Waals surface area contributed by atoms with Crippen LogP contribution in [0.1, 0.15) is 69.7 Å². The van der Waals surface area contributed by atoms with E-state index in [0.717, 1.165) is 33.4 Å². The fraction of sp³-hybridized carbons (Fsp3) is 0.500. The summed E-state index contributed by atoms with van der Waals surface area (Å²) in [5.41, 5.74) is 5.45. The third-order valence-corrected chi connectivity index (χ3v) is 3.82. The van der Waals surface area contributed by atoms with Crippen LogP contribution in [0.25, 0.3) is 0 Å². The number of hydrogen-bond acceptors (Lipinski definition) is 2. The first-order valence-corrected chi connectivity index (χ1v) is 6.53. The summed E-state index contributed by atoms with van der Waals surface area (Å²) in [6.07, 6.45) is 1.00. The van der Waals surface area contributed by atoms with E-state index in [1.807, 2.05) is 41.5 Å². The molecule has 0 fully saturated rings. The Hall–Kier alpha value is -1.44. The molecule has 1 aromatic rings. The third kappa shape index (κ3) is 2.24. The van der Waals surface area contributed by atoms with Gasteiger partial charge in [0.1, 0.15) is 0 Å². The summed E-state index contributed by atoms with van der Waals surface area (Å²) in [4.78, 5) is 24.1. The van der Waals surface area contributed by atoms with Crippen LogP contribution in [-0.2, 0) is 0 Å². The van der Waals surface area contributed by atoms with Gasteiger partial charge in [-0.25, -0.2) is 0 Å². The predicted molar refractivity (Wildman–Crippen MR) is 74.6 cm³/mol. The summed E-state index contributed by atoms with van der Waals surface area (Å²) in [6, 6.07) is 0. The minimum absolute atomic E-state index is 0.159. The molecule has 1 aromatic carbocycles. The summed E-state index contributed by atoms with van der Waals surface area (Å²) in [6.45, 7) is 11.5. The van der Waals surface area contributed by atoms with Crippen molar-refractivity contribution in [3.63, 3.8) is 0 Å². The van der Waals surface area contributed by atoms with E-state index >= 15 is 0 Å². The third-order valence-electron chi connectivity index (χ3n) is 3.82. The zero-order chi connectivity index (χ0) is 14.0. The normalized spacial score (nSPS) is 10.6. The quantitative estimate of drug-likeness (QED) is 0.749. The number of Topliss-reactive ketones (excluding diaryl/α,β-unsaturated/α-hetero) is 2. The second-order valence-electron chi connectivity index (χ2n) is 4.80. The van der Waals surface area contributed by atoms with E-state index < -0.39 is 0 Å². The highest BCUT2D eigenvalue weighted by molar-refractivity contribution is 6.04. The number of rotatable bonds is 4. The van der Waals surface area contributed by atoms with Gasteiger partial charge in [0.25, 0.3) is 0 Å². The van der Waals surface area contributed by atoms with Crippen LogP contribution in [0.4, 0.5) is 0 Å². The van der Waals surface area contributed by atoms with E-state index in [4.69, 9.17) is 0 Å². The van der Waals surface area contributed by atoms with Crippen molar-refractivity contribution < 1.29 is 9.59 Å². The van der Waals surface area contributed by atoms with Crippen LogP contribution in [0, 0.1) is 27.7 Å². The van der Waals surface area contributed by atoms with Gasteiger partial charge in [-0.3, -0.25) is 9.59 Å². The van der Waals surface area contributed by atoms with Crippen LogP contribution in [-0.4, -0.2) is 11.6 Å². The van der Waals surface area contributed by atoms with Gasteiger partial charge in [-0.2, -0.15) is 0 Å². The highest BCUT2D eigenvalue weighted by Gasteiger charge is 2.21. The maximum Gasteiger partial charge on any atom is 0.163 e. The van der Waals surface area contributed by atoms with Crippen molar-refractivity contribution in [2.75, 3.05) is 0 Å². The molecule has 0 heterocycles. The molecule has 0 atom stereocenters. The summed E-state index contributed by atoms with van der Waals surface area (Å²) in [5.74, 6) is 0.318. The van der Waals surface area contributed by atoms with Crippen molar-refractivity contribution in [1.82, 2.24) is 0 Å². The van der Waals surface area contributed by atoms with E-state index in [1.165, 1.54) is 0 Å². The Balaban J connectivity index is 3.66. The SMILES string of the molecule is CCC(=O)c1c(C)c(C)c(C(=O)CC)c(C)c1C. The van der Waals surface area contributed by atoms with Gasteiger partial charge in [0, 0.05) is 24.0 Å². The Bertz CT molecular complexity index is 434. The molecule has 0 aliphatic rings. The number of hydrogen-bond donors (Lipinski definition) is 0. The Labute approximate surface area is 109 Å². The Morgan fingerprint density at radius 2 is 0.889 bits per heavy atom. The topological polar surface area (TPSA) is 34.1 Å². The zero-order valence-corrected chi connectivity index (χ0v) is 12.2. The lowest BCUT2D eigenvalue weighted by atomic mass is 9.85. The molecule has 98 valence electrons. The van der Waals surface area contributed by atoms with Crippen LogP contribution < -0.4 is 0 Å². The average Bonchev–Trinajstić information content (AvgIpc) is 2.36. The second-order valence-corrected chi connectivity index (χ2v) is 4.80. The van der Waals surface area contributed by atoms with E-state index in [1.54, 1.807) is 0 Å². The van der Waals surface area contributed by atoms with Gasteiger partial charge in [0.05, 0.1) is 0 Å².